The lowest BCUT2D eigenvalue weighted by Gasteiger charge is -2.08. The molecule has 0 fully saturated rings. The molecule has 0 saturated carbocycles. The van der Waals surface area contributed by atoms with Crippen LogP contribution < -0.4 is 5.32 Å². The summed E-state index contributed by atoms with van der Waals surface area (Å²) < 4.78 is 5.30. The maximum absolute atomic E-state index is 10.8. The van der Waals surface area contributed by atoms with E-state index >= 15 is 0 Å². The zero-order chi connectivity index (χ0) is 14.9. The predicted octanol–water partition coefficient (Wildman–Crippen LogP) is 2.59. The Balaban J connectivity index is 2.11. The number of benzene rings is 2. The van der Waals surface area contributed by atoms with Gasteiger partial charge in [0.1, 0.15) is 13.5 Å². The number of carbonyl (C=O) groups excluding carboxylic acids is 1. The van der Waals surface area contributed by atoms with Crippen LogP contribution in [0.4, 0.5) is 0 Å². The largest absolute Gasteiger partial charge is 0.339 e. The van der Waals surface area contributed by atoms with Crippen molar-refractivity contribution in [3.63, 3.8) is 0 Å². The van der Waals surface area contributed by atoms with E-state index in [4.69, 9.17) is 4.74 Å². The van der Waals surface area contributed by atoms with E-state index in [-0.39, 0.29) is 19.4 Å². The maximum atomic E-state index is 10.8. The van der Waals surface area contributed by atoms with E-state index in [0.29, 0.717) is 0 Å². The van der Waals surface area contributed by atoms with Crippen LogP contribution in [0.25, 0.3) is 0 Å². The highest BCUT2D eigenvalue weighted by Crippen LogP contribution is 2.10. The normalized spacial score (nSPS) is 9.95. The average molecular weight is 282 g/mol. The molecule has 108 valence electrons. The van der Waals surface area contributed by atoms with E-state index in [0.717, 1.165) is 16.8 Å². The molecule has 0 aliphatic carbocycles. The SMILES string of the molecule is CC(=O)NCOCN=C(c1ccccc1)c1ccccc1. The summed E-state index contributed by atoms with van der Waals surface area (Å²) in [7, 11) is 0. The minimum Gasteiger partial charge on any atom is -0.339 e. The van der Waals surface area contributed by atoms with Crippen molar-refractivity contribution in [3.05, 3.63) is 71.8 Å². The van der Waals surface area contributed by atoms with Crippen LogP contribution in [-0.2, 0) is 9.53 Å². The van der Waals surface area contributed by atoms with E-state index in [9.17, 15) is 4.79 Å². The summed E-state index contributed by atoms with van der Waals surface area (Å²) in [6.45, 7) is 1.81. The Labute approximate surface area is 124 Å². The van der Waals surface area contributed by atoms with Crippen molar-refractivity contribution in [2.45, 2.75) is 6.92 Å². The van der Waals surface area contributed by atoms with Crippen molar-refractivity contribution in [3.8, 4) is 0 Å². The number of hydrogen-bond acceptors (Lipinski definition) is 3. The van der Waals surface area contributed by atoms with Gasteiger partial charge in [-0.2, -0.15) is 0 Å². The van der Waals surface area contributed by atoms with Gasteiger partial charge < -0.3 is 10.1 Å². The molecular formula is C17H18N2O2. The molecule has 2 aromatic carbocycles. The fourth-order valence-electron chi connectivity index (χ4n) is 1.85. The summed E-state index contributed by atoms with van der Waals surface area (Å²) in [5, 5.41) is 2.57. The molecule has 21 heavy (non-hydrogen) atoms. The van der Waals surface area contributed by atoms with E-state index in [1.54, 1.807) is 0 Å². The molecule has 0 aliphatic rings. The Hall–Kier alpha value is -2.46. The topological polar surface area (TPSA) is 50.7 Å². The molecule has 1 amide bonds. The number of nitrogens with one attached hydrogen (secondary N) is 1. The zero-order valence-electron chi connectivity index (χ0n) is 12.0. The first kappa shape index (κ1) is 14.9. The number of nitrogens with zero attached hydrogens (tertiary/aromatic N) is 1. The van der Waals surface area contributed by atoms with Crippen LogP contribution in [0.2, 0.25) is 0 Å². The lowest BCUT2D eigenvalue weighted by atomic mass is 10.0. The van der Waals surface area contributed by atoms with Crippen molar-refractivity contribution in [1.29, 1.82) is 0 Å². The Kier molecular flexibility index (Phi) is 5.67. The van der Waals surface area contributed by atoms with Crippen molar-refractivity contribution < 1.29 is 9.53 Å². The van der Waals surface area contributed by atoms with Crippen LogP contribution in [0, 0.1) is 0 Å². The van der Waals surface area contributed by atoms with Gasteiger partial charge in [0, 0.05) is 18.1 Å². The molecule has 0 atom stereocenters. The molecule has 4 heteroatoms. The van der Waals surface area contributed by atoms with Crippen LogP contribution in [0.3, 0.4) is 0 Å². The number of rotatable bonds is 6. The van der Waals surface area contributed by atoms with Crippen molar-refractivity contribution in [2.75, 3.05) is 13.5 Å². The molecule has 1 N–H and O–H groups in total. The van der Waals surface area contributed by atoms with E-state index < -0.39 is 0 Å². The number of amides is 1. The second-order valence-corrected chi connectivity index (χ2v) is 4.45. The van der Waals surface area contributed by atoms with Gasteiger partial charge in [0.05, 0.1) is 5.71 Å². The van der Waals surface area contributed by atoms with Gasteiger partial charge in [-0.15, -0.1) is 0 Å². The van der Waals surface area contributed by atoms with Gasteiger partial charge in [0.15, 0.2) is 0 Å². The average Bonchev–Trinajstić information content (AvgIpc) is 2.52. The van der Waals surface area contributed by atoms with Crippen molar-refractivity contribution >= 4 is 11.6 Å². The predicted molar refractivity (Wildman–Crippen MR) is 83.2 cm³/mol. The number of hydrogen-bond donors (Lipinski definition) is 1. The minimum atomic E-state index is -0.120. The van der Waals surface area contributed by atoms with Crippen LogP contribution in [0.1, 0.15) is 18.1 Å². The Bertz CT molecular complexity index is 553. The molecule has 0 heterocycles. The molecule has 0 aromatic heterocycles. The number of ether oxygens (including phenoxy) is 1. The number of aliphatic imine (C=N–C) groups is 1. The highest BCUT2D eigenvalue weighted by molar-refractivity contribution is 6.12. The maximum Gasteiger partial charge on any atom is 0.218 e. The standard InChI is InChI=1S/C17H18N2O2/c1-14(20)18-12-21-13-19-17(15-8-4-2-5-9-15)16-10-6-3-7-11-16/h2-11H,12-13H2,1H3,(H,18,20). The monoisotopic (exact) mass is 282 g/mol. The van der Waals surface area contributed by atoms with Crippen LogP contribution in [0.5, 0.6) is 0 Å². The fourth-order valence-corrected chi connectivity index (χ4v) is 1.85. The molecule has 0 unspecified atom stereocenters. The first-order valence-electron chi connectivity index (χ1n) is 6.75. The second-order valence-electron chi connectivity index (χ2n) is 4.45. The van der Waals surface area contributed by atoms with Crippen LogP contribution in [0.15, 0.2) is 65.7 Å². The molecule has 2 aromatic rings. The van der Waals surface area contributed by atoms with E-state index in [1.165, 1.54) is 6.92 Å². The summed E-state index contributed by atoms with van der Waals surface area (Å²) in [5.41, 5.74) is 2.94. The first-order valence-corrected chi connectivity index (χ1v) is 6.75. The minimum absolute atomic E-state index is 0.120. The quantitative estimate of drug-likeness (QED) is 0.503. The fraction of sp³-hybridized carbons (Fsp3) is 0.176. The third-order valence-corrected chi connectivity index (χ3v) is 2.83. The lowest BCUT2D eigenvalue weighted by Crippen LogP contribution is -2.23. The van der Waals surface area contributed by atoms with Gasteiger partial charge in [-0.05, 0) is 0 Å². The highest BCUT2D eigenvalue weighted by atomic mass is 16.5. The molecular weight excluding hydrogens is 264 g/mol. The van der Waals surface area contributed by atoms with E-state index in [1.807, 2.05) is 60.7 Å². The lowest BCUT2D eigenvalue weighted by molar-refractivity contribution is -0.120. The third-order valence-electron chi connectivity index (χ3n) is 2.83. The van der Waals surface area contributed by atoms with Crippen LogP contribution >= 0.6 is 0 Å². The molecule has 0 radical (unpaired) electrons. The van der Waals surface area contributed by atoms with Gasteiger partial charge in [-0.3, -0.25) is 9.79 Å². The molecule has 2 rings (SSSR count). The molecule has 4 nitrogen and oxygen atoms in total. The molecule has 0 bridgehead atoms. The van der Waals surface area contributed by atoms with Gasteiger partial charge in [-0.25, -0.2) is 0 Å². The van der Waals surface area contributed by atoms with Crippen LogP contribution in [-0.4, -0.2) is 25.1 Å². The van der Waals surface area contributed by atoms with Crippen molar-refractivity contribution in [2.24, 2.45) is 4.99 Å². The third kappa shape index (κ3) is 4.85. The molecule has 0 aliphatic heterocycles. The Morgan fingerprint density at radius 1 is 1.00 bits per heavy atom. The number of carbonyl (C=O) groups is 1. The Morgan fingerprint density at radius 2 is 1.52 bits per heavy atom. The summed E-state index contributed by atoms with van der Waals surface area (Å²) in [5.74, 6) is -0.120. The summed E-state index contributed by atoms with van der Waals surface area (Å²) in [6, 6.07) is 19.9. The molecule has 0 spiro atoms. The summed E-state index contributed by atoms with van der Waals surface area (Å²) >= 11 is 0. The van der Waals surface area contributed by atoms with Gasteiger partial charge in [-0.1, -0.05) is 60.7 Å². The highest BCUT2D eigenvalue weighted by Gasteiger charge is 2.05. The zero-order valence-corrected chi connectivity index (χ0v) is 12.0. The van der Waals surface area contributed by atoms with Crippen molar-refractivity contribution in [1.82, 2.24) is 5.32 Å². The van der Waals surface area contributed by atoms with Gasteiger partial charge in [0.2, 0.25) is 5.91 Å². The Morgan fingerprint density at radius 3 is 2.00 bits per heavy atom. The summed E-state index contributed by atoms with van der Waals surface area (Å²) in [6.07, 6.45) is 0. The molecule has 0 saturated heterocycles. The first-order chi connectivity index (χ1) is 10.3. The second kappa shape index (κ2) is 7.97. The smallest absolute Gasteiger partial charge is 0.218 e. The van der Waals surface area contributed by atoms with Gasteiger partial charge >= 0.3 is 0 Å². The van der Waals surface area contributed by atoms with E-state index in [2.05, 4.69) is 10.3 Å². The van der Waals surface area contributed by atoms with Gasteiger partial charge in [0.25, 0.3) is 0 Å². The summed E-state index contributed by atoms with van der Waals surface area (Å²) in [4.78, 5) is 15.3.